The first-order valence-electron chi connectivity index (χ1n) is 10.1. The molecule has 0 radical (unpaired) electrons. The van der Waals surface area contributed by atoms with Gasteiger partial charge in [0.15, 0.2) is 11.5 Å². The van der Waals surface area contributed by atoms with Crippen LogP contribution in [0.1, 0.15) is 24.4 Å². The Morgan fingerprint density at radius 2 is 1.90 bits per heavy atom. The van der Waals surface area contributed by atoms with Crippen molar-refractivity contribution in [3.8, 4) is 23.0 Å². The molecule has 0 aliphatic carbocycles. The van der Waals surface area contributed by atoms with Gasteiger partial charge in [-0.1, -0.05) is 17.8 Å². The summed E-state index contributed by atoms with van der Waals surface area (Å²) in [5.41, 5.74) is 1.68. The molecule has 9 heteroatoms. The summed E-state index contributed by atoms with van der Waals surface area (Å²) in [6.07, 6.45) is 1.86. The summed E-state index contributed by atoms with van der Waals surface area (Å²) in [7, 11) is 0. The van der Waals surface area contributed by atoms with E-state index in [1.165, 1.54) is 23.9 Å². The molecule has 1 aromatic heterocycles. The molecule has 0 N–H and O–H groups in total. The maximum absolute atomic E-state index is 13.1. The molecule has 2 aliphatic rings. The first-order valence-corrected chi connectivity index (χ1v) is 11.1. The van der Waals surface area contributed by atoms with Gasteiger partial charge >= 0.3 is 0 Å². The SMILES string of the molecule is O=C(CSc1nnc(-c2ccc(F)cc2)o1)N1CCCC1c1ccc2c(c1)OCCO2. The number of carbonyl (C=O) groups is 1. The zero-order chi connectivity index (χ0) is 21.2. The van der Waals surface area contributed by atoms with Gasteiger partial charge in [0.2, 0.25) is 11.8 Å². The van der Waals surface area contributed by atoms with Gasteiger partial charge < -0.3 is 18.8 Å². The van der Waals surface area contributed by atoms with Crippen molar-refractivity contribution in [2.24, 2.45) is 0 Å². The van der Waals surface area contributed by atoms with E-state index in [-0.39, 0.29) is 23.5 Å². The standard InChI is InChI=1S/C22H20FN3O4S/c23-16-6-3-14(4-7-16)21-24-25-22(30-21)31-13-20(27)26-9-1-2-17(26)15-5-8-18-19(12-15)29-11-10-28-18/h3-8,12,17H,1-2,9-11,13H2. The monoisotopic (exact) mass is 441 g/mol. The molecule has 0 bridgehead atoms. The number of hydrogen-bond donors (Lipinski definition) is 0. The number of ether oxygens (including phenoxy) is 2. The average molecular weight is 441 g/mol. The first kappa shape index (κ1) is 19.9. The van der Waals surface area contributed by atoms with Gasteiger partial charge in [-0.2, -0.15) is 0 Å². The molecule has 7 nitrogen and oxygen atoms in total. The second-order valence-corrected chi connectivity index (χ2v) is 8.24. The molecule has 1 amide bonds. The van der Waals surface area contributed by atoms with Crippen LogP contribution < -0.4 is 9.47 Å². The second-order valence-electron chi connectivity index (χ2n) is 7.32. The van der Waals surface area contributed by atoms with E-state index in [0.717, 1.165) is 29.9 Å². The van der Waals surface area contributed by atoms with E-state index in [2.05, 4.69) is 10.2 Å². The zero-order valence-corrected chi connectivity index (χ0v) is 17.4. The smallest absolute Gasteiger partial charge is 0.277 e. The fourth-order valence-electron chi connectivity index (χ4n) is 3.86. The van der Waals surface area contributed by atoms with Crippen LogP contribution in [0.5, 0.6) is 11.5 Å². The van der Waals surface area contributed by atoms with E-state index in [4.69, 9.17) is 13.9 Å². The molecule has 0 saturated carbocycles. The Labute approximate surface area is 182 Å². The van der Waals surface area contributed by atoms with E-state index in [1.807, 2.05) is 23.1 Å². The van der Waals surface area contributed by atoms with Gasteiger partial charge in [0, 0.05) is 12.1 Å². The third-order valence-electron chi connectivity index (χ3n) is 5.34. The fraction of sp³-hybridized carbons (Fsp3) is 0.318. The number of benzene rings is 2. The number of nitrogens with zero attached hydrogens (tertiary/aromatic N) is 3. The Kier molecular flexibility index (Phi) is 5.50. The third-order valence-corrected chi connectivity index (χ3v) is 6.14. The van der Waals surface area contributed by atoms with Crippen molar-refractivity contribution in [1.82, 2.24) is 15.1 Å². The number of likely N-dealkylation sites (tertiary alicyclic amines) is 1. The molecule has 1 saturated heterocycles. The topological polar surface area (TPSA) is 77.7 Å². The lowest BCUT2D eigenvalue weighted by atomic mass is 10.0. The van der Waals surface area contributed by atoms with Crippen molar-refractivity contribution >= 4 is 17.7 Å². The van der Waals surface area contributed by atoms with Crippen LogP contribution in [0.15, 0.2) is 52.1 Å². The number of rotatable bonds is 5. The number of hydrogen-bond acceptors (Lipinski definition) is 7. The van der Waals surface area contributed by atoms with E-state index in [9.17, 15) is 9.18 Å². The van der Waals surface area contributed by atoms with Crippen molar-refractivity contribution in [2.45, 2.75) is 24.1 Å². The number of amides is 1. The predicted octanol–water partition coefficient (Wildman–Crippen LogP) is 4.10. The van der Waals surface area contributed by atoms with E-state index in [0.29, 0.717) is 36.4 Å². The van der Waals surface area contributed by atoms with Gasteiger partial charge in [0.1, 0.15) is 19.0 Å². The summed E-state index contributed by atoms with van der Waals surface area (Å²) < 4.78 is 30.0. The highest BCUT2D eigenvalue weighted by molar-refractivity contribution is 7.99. The summed E-state index contributed by atoms with van der Waals surface area (Å²) in [5.74, 6) is 1.66. The summed E-state index contributed by atoms with van der Waals surface area (Å²) in [6.45, 7) is 1.80. The minimum absolute atomic E-state index is 0.0152. The Morgan fingerprint density at radius 1 is 1.10 bits per heavy atom. The summed E-state index contributed by atoms with van der Waals surface area (Å²) in [6, 6.07) is 11.7. The maximum Gasteiger partial charge on any atom is 0.277 e. The summed E-state index contributed by atoms with van der Waals surface area (Å²) in [4.78, 5) is 14.8. The van der Waals surface area contributed by atoms with Gasteiger partial charge in [-0.05, 0) is 54.8 Å². The van der Waals surface area contributed by atoms with E-state index in [1.54, 1.807) is 12.1 Å². The Hall–Kier alpha value is -3.07. The molecule has 3 aromatic rings. The van der Waals surface area contributed by atoms with Gasteiger partial charge in [-0.25, -0.2) is 4.39 Å². The Morgan fingerprint density at radius 3 is 2.74 bits per heavy atom. The van der Waals surface area contributed by atoms with Crippen molar-refractivity contribution in [2.75, 3.05) is 25.5 Å². The molecular formula is C22H20FN3O4S. The molecule has 2 aromatic carbocycles. The molecule has 1 fully saturated rings. The van der Waals surface area contributed by atoms with Crippen LogP contribution in [0, 0.1) is 5.82 Å². The van der Waals surface area contributed by atoms with Gasteiger partial charge in [-0.15, -0.1) is 10.2 Å². The molecule has 160 valence electrons. The second kappa shape index (κ2) is 8.58. The Balaban J connectivity index is 1.23. The van der Waals surface area contributed by atoms with Crippen molar-refractivity contribution in [3.05, 3.63) is 53.8 Å². The first-order chi connectivity index (χ1) is 15.2. The number of aromatic nitrogens is 2. The molecule has 1 atom stereocenters. The largest absolute Gasteiger partial charge is 0.486 e. The molecule has 31 heavy (non-hydrogen) atoms. The number of fused-ring (bicyclic) bond motifs is 1. The molecular weight excluding hydrogens is 421 g/mol. The lowest BCUT2D eigenvalue weighted by molar-refractivity contribution is -0.129. The van der Waals surface area contributed by atoms with Crippen molar-refractivity contribution in [3.63, 3.8) is 0 Å². The lowest BCUT2D eigenvalue weighted by Crippen LogP contribution is -2.32. The molecule has 0 spiro atoms. The minimum Gasteiger partial charge on any atom is -0.486 e. The highest BCUT2D eigenvalue weighted by atomic mass is 32.2. The van der Waals surface area contributed by atoms with Crippen LogP contribution in [-0.4, -0.2) is 46.5 Å². The van der Waals surface area contributed by atoms with Crippen LogP contribution in [0.4, 0.5) is 4.39 Å². The highest BCUT2D eigenvalue weighted by Gasteiger charge is 2.31. The van der Waals surface area contributed by atoms with Crippen LogP contribution in [0.25, 0.3) is 11.5 Å². The van der Waals surface area contributed by atoms with Crippen LogP contribution in [-0.2, 0) is 4.79 Å². The van der Waals surface area contributed by atoms with E-state index < -0.39 is 0 Å². The fourth-order valence-corrected chi connectivity index (χ4v) is 4.51. The minimum atomic E-state index is -0.332. The quantitative estimate of drug-likeness (QED) is 0.552. The molecule has 5 rings (SSSR count). The number of carbonyl (C=O) groups excluding carboxylic acids is 1. The zero-order valence-electron chi connectivity index (χ0n) is 16.6. The highest BCUT2D eigenvalue weighted by Crippen LogP contribution is 2.38. The van der Waals surface area contributed by atoms with Gasteiger partial charge in [0.05, 0.1) is 11.8 Å². The van der Waals surface area contributed by atoms with E-state index >= 15 is 0 Å². The molecule has 1 unspecified atom stereocenters. The van der Waals surface area contributed by atoms with Crippen LogP contribution >= 0.6 is 11.8 Å². The Bertz CT molecular complexity index is 1090. The predicted molar refractivity (Wildman–Crippen MR) is 112 cm³/mol. The maximum atomic E-state index is 13.1. The molecule has 2 aliphatic heterocycles. The summed E-state index contributed by atoms with van der Waals surface area (Å²) >= 11 is 1.20. The average Bonchev–Trinajstić information content (AvgIpc) is 3.48. The van der Waals surface area contributed by atoms with Gasteiger partial charge in [-0.3, -0.25) is 4.79 Å². The number of halogens is 1. The van der Waals surface area contributed by atoms with Crippen molar-refractivity contribution in [1.29, 1.82) is 0 Å². The van der Waals surface area contributed by atoms with Crippen LogP contribution in [0.2, 0.25) is 0 Å². The normalized spacial score (nSPS) is 17.7. The molecule has 3 heterocycles. The van der Waals surface area contributed by atoms with Gasteiger partial charge in [0.25, 0.3) is 5.22 Å². The van der Waals surface area contributed by atoms with Crippen molar-refractivity contribution < 1.29 is 23.1 Å². The lowest BCUT2D eigenvalue weighted by Gasteiger charge is -2.26. The third kappa shape index (κ3) is 4.23. The summed E-state index contributed by atoms with van der Waals surface area (Å²) in [5, 5.41) is 8.28. The number of thioether (sulfide) groups is 1. The van der Waals surface area contributed by atoms with Crippen LogP contribution in [0.3, 0.4) is 0 Å².